The number of carbonyl (C=O) groups excluding carboxylic acids is 2. The SMILES string of the molecule is CC.CC1=C(C)N(C)c2ccccc2C1.CC1=C(C)N(C)c2ccccc2C1.CC1=C(C)N(C)c2ccccc2C1.CC1=C(C)N(C)c2ccccc2C1.CCC(C)N.CCC(C)N1C(=O)c2ccccc2C1=O.CCC(C)O. The van der Waals surface area contributed by atoms with E-state index in [-0.39, 0.29) is 24.0 Å². The average molecular weight is 1070 g/mol. The number of hydrogen-bond donors (Lipinski definition) is 2. The van der Waals surface area contributed by atoms with Gasteiger partial charge in [-0.3, -0.25) is 14.5 Å². The van der Waals surface area contributed by atoms with Crippen LogP contribution in [0.5, 0.6) is 0 Å². The summed E-state index contributed by atoms with van der Waals surface area (Å²) >= 11 is 0. The van der Waals surface area contributed by atoms with Gasteiger partial charge in [0.25, 0.3) is 11.8 Å². The van der Waals surface area contributed by atoms with Gasteiger partial charge < -0.3 is 30.4 Å². The van der Waals surface area contributed by atoms with E-state index in [0.717, 1.165) is 44.9 Å². The zero-order valence-electron chi connectivity index (χ0n) is 52.3. The van der Waals surface area contributed by atoms with Gasteiger partial charge in [-0.15, -0.1) is 0 Å². The number of anilines is 4. The first-order valence-corrected chi connectivity index (χ1v) is 28.8. The standard InChI is InChI=1S/C12H13NO2.4C12H15N.C4H11N.C4H10O.C2H6/c1-3-8(2)13-11(14)9-6-4-5-7-10(9)12(13)15;4*1-9-8-11-6-4-5-7-12(11)13(3)10(9)2;2*1-3-4(2)5;1-2/h4-8H,3H2,1-2H3;4*4-7H,8H2,1-3H3;4H,3,5H2,1-2H3;4-5H,3H2,1-2H3;1-2H3. The van der Waals surface area contributed by atoms with E-state index >= 15 is 0 Å². The zero-order valence-corrected chi connectivity index (χ0v) is 52.3. The van der Waals surface area contributed by atoms with Crippen molar-refractivity contribution in [3.63, 3.8) is 0 Å². The maximum Gasteiger partial charge on any atom is 0.261 e. The summed E-state index contributed by atoms with van der Waals surface area (Å²) in [5.41, 5.74) is 29.0. The molecule has 10 rings (SSSR count). The molecule has 5 aromatic rings. The predicted molar refractivity (Wildman–Crippen MR) is 342 cm³/mol. The van der Waals surface area contributed by atoms with Crippen molar-refractivity contribution in [2.24, 2.45) is 5.73 Å². The zero-order chi connectivity index (χ0) is 59.3. The van der Waals surface area contributed by atoms with Crippen LogP contribution in [0.2, 0.25) is 0 Å². The van der Waals surface area contributed by atoms with E-state index in [1.165, 1.54) is 95.0 Å². The molecule has 5 aliphatic rings. The maximum atomic E-state index is 11.9. The number of aliphatic hydroxyl groups excluding tert-OH is 1. The number of imide groups is 1. The van der Waals surface area contributed by atoms with Gasteiger partial charge in [0.1, 0.15) is 0 Å². The van der Waals surface area contributed by atoms with Crippen molar-refractivity contribution in [1.29, 1.82) is 0 Å². The van der Waals surface area contributed by atoms with Gasteiger partial charge in [0, 0.05) is 85.8 Å². The van der Waals surface area contributed by atoms with Crippen LogP contribution in [0.15, 0.2) is 166 Å². The van der Waals surface area contributed by atoms with Crippen molar-refractivity contribution in [3.8, 4) is 0 Å². The van der Waals surface area contributed by atoms with E-state index in [2.05, 4.69) is 207 Å². The topological polar surface area (TPSA) is 96.6 Å². The highest BCUT2D eigenvalue weighted by Gasteiger charge is 2.37. The smallest absolute Gasteiger partial charge is 0.261 e. The van der Waals surface area contributed by atoms with E-state index in [9.17, 15) is 9.59 Å². The number of amides is 2. The third kappa shape index (κ3) is 17.9. The molecule has 0 fully saturated rings. The number of allylic oxidation sites excluding steroid dienone is 8. The summed E-state index contributed by atoms with van der Waals surface area (Å²) in [5, 5.41) is 8.36. The minimum atomic E-state index is -0.162. The molecular weight excluding hydrogens is 973 g/mol. The molecule has 5 aromatic carbocycles. The molecule has 5 aliphatic heterocycles. The van der Waals surface area contributed by atoms with Crippen molar-refractivity contribution in [2.45, 2.75) is 174 Å². The predicted octanol–water partition coefficient (Wildman–Crippen LogP) is 16.5. The molecule has 0 spiro atoms. The second-order valence-corrected chi connectivity index (χ2v) is 21.3. The lowest BCUT2D eigenvalue weighted by Crippen LogP contribution is -2.37. The summed E-state index contributed by atoms with van der Waals surface area (Å²) < 4.78 is 0. The largest absolute Gasteiger partial charge is 0.393 e. The second-order valence-electron chi connectivity index (χ2n) is 21.3. The van der Waals surface area contributed by atoms with Gasteiger partial charge in [-0.2, -0.15) is 0 Å². The Kier molecular flexibility index (Phi) is 27.3. The van der Waals surface area contributed by atoms with Crippen molar-refractivity contribution >= 4 is 34.6 Å². The minimum Gasteiger partial charge on any atom is -0.393 e. The number of nitrogens with zero attached hydrogens (tertiary/aromatic N) is 5. The van der Waals surface area contributed by atoms with Crippen molar-refractivity contribution < 1.29 is 14.7 Å². The number of benzene rings is 5. The van der Waals surface area contributed by atoms with Crippen LogP contribution in [0.3, 0.4) is 0 Å². The number of nitrogens with two attached hydrogens (primary N) is 1. The molecule has 0 aromatic heterocycles. The van der Waals surface area contributed by atoms with Gasteiger partial charge in [-0.05, 0) is 202 Å². The minimum absolute atomic E-state index is 0.0302. The third-order valence-electron chi connectivity index (χ3n) is 15.8. The Labute approximate surface area is 479 Å². The summed E-state index contributed by atoms with van der Waals surface area (Å²) in [4.78, 5) is 34.3. The fraction of sp³-hybridized carbons (Fsp3) is 0.429. The number of aliphatic hydroxyl groups is 1. The lowest BCUT2D eigenvalue weighted by molar-refractivity contribution is 0.0593. The van der Waals surface area contributed by atoms with Crippen LogP contribution >= 0.6 is 0 Å². The normalized spacial score (nSPS) is 15.7. The average Bonchev–Trinajstić information content (AvgIpc) is 3.76. The quantitative estimate of drug-likeness (QED) is 0.172. The molecule has 428 valence electrons. The fourth-order valence-corrected chi connectivity index (χ4v) is 9.26. The molecule has 0 aliphatic carbocycles. The summed E-state index contributed by atoms with van der Waals surface area (Å²) in [6, 6.07) is 41.8. The number of para-hydroxylation sites is 4. The Morgan fingerprint density at radius 1 is 0.418 bits per heavy atom. The van der Waals surface area contributed by atoms with E-state index in [0.29, 0.717) is 17.2 Å². The van der Waals surface area contributed by atoms with Gasteiger partial charge in [-0.1, -0.05) is 120 Å². The van der Waals surface area contributed by atoms with Crippen molar-refractivity contribution in [2.75, 3.05) is 47.8 Å². The van der Waals surface area contributed by atoms with E-state index in [4.69, 9.17) is 10.8 Å². The first-order valence-electron chi connectivity index (χ1n) is 28.8. The molecular formula is C70H100N6O3. The van der Waals surface area contributed by atoms with E-state index in [1.807, 2.05) is 41.5 Å². The molecule has 0 saturated carbocycles. The number of fused-ring (bicyclic) bond motifs is 5. The Morgan fingerprint density at radius 3 is 0.835 bits per heavy atom. The molecule has 0 bridgehead atoms. The molecule has 5 heterocycles. The van der Waals surface area contributed by atoms with E-state index in [1.54, 1.807) is 31.2 Å². The molecule has 3 atom stereocenters. The second kappa shape index (κ2) is 32.4. The van der Waals surface area contributed by atoms with Crippen LogP contribution in [-0.4, -0.2) is 68.2 Å². The molecule has 0 radical (unpaired) electrons. The molecule has 3 unspecified atom stereocenters. The molecule has 9 heteroatoms. The van der Waals surface area contributed by atoms with Gasteiger partial charge in [0.05, 0.1) is 17.2 Å². The van der Waals surface area contributed by atoms with Crippen LogP contribution in [0.4, 0.5) is 22.7 Å². The fourth-order valence-electron chi connectivity index (χ4n) is 9.26. The maximum absolute atomic E-state index is 11.9. The van der Waals surface area contributed by atoms with Crippen molar-refractivity contribution in [3.05, 3.63) is 200 Å². The van der Waals surface area contributed by atoms with Gasteiger partial charge in [-0.25, -0.2) is 0 Å². The van der Waals surface area contributed by atoms with E-state index < -0.39 is 0 Å². The number of rotatable bonds is 4. The highest BCUT2D eigenvalue weighted by molar-refractivity contribution is 6.21. The van der Waals surface area contributed by atoms with Crippen LogP contribution in [0.1, 0.15) is 173 Å². The lowest BCUT2D eigenvalue weighted by atomic mass is 9.98. The Bertz CT molecular complexity index is 2570. The van der Waals surface area contributed by atoms with Crippen LogP contribution < -0.4 is 25.3 Å². The third-order valence-corrected chi connectivity index (χ3v) is 15.8. The molecule has 0 saturated heterocycles. The molecule has 2 amide bonds. The van der Waals surface area contributed by atoms with Gasteiger partial charge >= 0.3 is 0 Å². The number of carbonyl (C=O) groups is 2. The molecule has 3 N–H and O–H groups in total. The summed E-state index contributed by atoms with van der Waals surface area (Å²) in [5.74, 6) is -0.324. The highest BCUT2D eigenvalue weighted by Crippen LogP contribution is 2.34. The highest BCUT2D eigenvalue weighted by atomic mass is 16.3. The first kappa shape index (κ1) is 66.6. The van der Waals surface area contributed by atoms with Crippen LogP contribution in [0, 0.1) is 0 Å². The van der Waals surface area contributed by atoms with Crippen LogP contribution in [-0.2, 0) is 25.7 Å². The summed E-state index contributed by atoms with van der Waals surface area (Å²) in [6.07, 6.45) is 7.03. The van der Waals surface area contributed by atoms with Crippen molar-refractivity contribution in [1.82, 2.24) is 4.90 Å². The summed E-state index contributed by atoms with van der Waals surface area (Å²) in [6.45, 7) is 33.2. The van der Waals surface area contributed by atoms with Crippen LogP contribution in [0.25, 0.3) is 0 Å². The Hall–Kier alpha value is -6.68. The number of hydrogen-bond acceptors (Lipinski definition) is 8. The monoisotopic (exact) mass is 1070 g/mol. The lowest BCUT2D eigenvalue weighted by Gasteiger charge is -2.29. The van der Waals surface area contributed by atoms with Gasteiger partial charge in [0.2, 0.25) is 0 Å². The summed E-state index contributed by atoms with van der Waals surface area (Å²) in [7, 11) is 8.54. The first-order chi connectivity index (χ1) is 37.5. The Balaban J connectivity index is 0.000000247. The molecule has 9 nitrogen and oxygen atoms in total. The van der Waals surface area contributed by atoms with Gasteiger partial charge in [0.15, 0.2) is 0 Å². The Morgan fingerprint density at radius 2 is 0.633 bits per heavy atom. The molecule has 79 heavy (non-hydrogen) atoms.